The number of hydrogen-bond acceptors (Lipinski definition) is 5. The van der Waals surface area contributed by atoms with Gasteiger partial charge in [-0.2, -0.15) is 0 Å². The van der Waals surface area contributed by atoms with E-state index < -0.39 is 11.8 Å². The highest BCUT2D eigenvalue weighted by Crippen LogP contribution is 2.32. The molecule has 0 unspecified atom stereocenters. The molecule has 24 heavy (non-hydrogen) atoms. The highest BCUT2D eigenvalue weighted by molar-refractivity contribution is 6.34. The van der Waals surface area contributed by atoms with E-state index in [1.165, 1.54) is 0 Å². The van der Waals surface area contributed by atoms with Crippen molar-refractivity contribution in [3.05, 3.63) is 23.8 Å². The van der Waals surface area contributed by atoms with Crippen LogP contribution in [-0.4, -0.2) is 61.6 Å². The lowest BCUT2D eigenvalue weighted by Crippen LogP contribution is -2.49. The highest BCUT2D eigenvalue weighted by atomic mass is 16.7. The Morgan fingerprint density at radius 3 is 2.71 bits per heavy atom. The Labute approximate surface area is 141 Å². The number of carbonyl (C=O) groups excluding carboxylic acids is 2. The van der Waals surface area contributed by atoms with E-state index in [4.69, 9.17) is 9.47 Å². The maximum atomic E-state index is 12.3. The Hall–Kier alpha value is -2.28. The number of likely N-dealkylation sites (N-methyl/N-ethyl adjacent to an activating group) is 1. The minimum atomic E-state index is -0.575. The molecule has 0 radical (unpaired) electrons. The fourth-order valence-electron chi connectivity index (χ4n) is 3.02. The third kappa shape index (κ3) is 3.62. The Morgan fingerprint density at radius 1 is 1.25 bits per heavy atom. The van der Waals surface area contributed by atoms with Crippen LogP contribution in [0.4, 0.5) is 0 Å². The Bertz CT molecular complexity index is 626. The smallest absolute Gasteiger partial charge is 0.311 e. The van der Waals surface area contributed by atoms with Crippen LogP contribution in [0.2, 0.25) is 0 Å². The van der Waals surface area contributed by atoms with Crippen LogP contribution in [0, 0.1) is 0 Å². The van der Waals surface area contributed by atoms with Crippen molar-refractivity contribution < 1.29 is 19.1 Å². The Morgan fingerprint density at radius 2 is 1.96 bits per heavy atom. The summed E-state index contributed by atoms with van der Waals surface area (Å²) >= 11 is 0. The van der Waals surface area contributed by atoms with Gasteiger partial charge < -0.3 is 24.6 Å². The maximum absolute atomic E-state index is 12.3. The van der Waals surface area contributed by atoms with E-state index in [1.54, 1.807) is 18.0 Å². The van der Waals surface area contributed by atoms with Gasteiger partial charge in [-0.1, -0.05) is 6.07 Å². The SMILES string of the molecule is CN1CCC(N(C)C(=O)C(=O)NCc2ccc3c(c2)OCO3)CC1. The molecule has 1 fully saturated rings. The van der Waals surface area contributed by atoms with Crippen LogP contribution in [0.15, 0.2) is 18.2 Å². The van der Waals surface area contributed by atoms with E-state index in [1.807, 2.05) is 12.1 Å². The molecule has 0 aliphatic carbocycles. The summed E-state index contributed by atoms with van der Waals surface area (Å²) < 4.78 is 10.6. The van der Waals surface area contributed by atoms with Crippen LogP contribution in [0.25, 0.3) is 0 Å². The first-order valence-electron chi connectivity index (χ1n) is 8.16. The van der Waals surface area contributed by atoms with E-state index in [9.17, 15) is 9.59 Å². The van der Waals surface area contributed by atoms with Gasteiger partial charge in [0.15, 0.2) is 11.5 Å². The fourth-order valence-corrected chi connectivity index (χ4v) is 3.02. The van der Waals surface area contributed by atoms with Crippen molar-refractivity contribution >= 4 is 11.8 Å². The molecule has 7 nitrogen and oxygen atoms in total. The fraction of sp³-hybridized carbons (Fsp3) is 0.529. The lowest BCUT2D eigenvalue weighted by atomic mass is 10.0. The summed E-state index contributed by atoms with van der Waals surface area (Å²) in [6, 6.07) is 5.59. The lowest BCUT2D eigenvalue weighted by molar-refractivity contribution is -0.147. The molecule has 2 amide bonds. The molecule has 0 saturated carbocycles. The topological polar surface area (TPSA) is 71.1 Å². The summed E-state index contributed by atoms with van der Waals surface area (Å²) in [5.74, 6) is 0.305. The lowest BCUT2D eigenvalue weighted by Gasteiger charge is -2.34. The summed E-state index contributed by atoms with van der Waals surface area (Å²) in [5.41, 5.74) is 0.863. The van der Waals surface area contributed by atoms with E-state index in [2.05, 4.69) is 17.3 Å². The van der Waals surface area contributed by atoms with Crippen LogP contribution in [0.1, 0.15) is 18.4 Å². The quantitative estimate of drug-likeness (QED) is 0.820. The van der Waals surface area contributed by atoms with Crippen molar-refractivity contribution in [2.24, 2.45) is 0 Å². The average Bonchev–Trinajstić information content (AvgIpc) is 3.06. The molecule has 3 rings (SSSR count). The minimum absolute atomic E-state index is 0.130. The molecule has 0 atom stereocenters. The molecule has 0 aromatic heterocycles. The molecule has 2 heterocycles. The molecular weight excluding hydrogens is 310 g/mol. The van der Waals surface area contributed by atoms with Crippen molar-refractivity contribution in [3.8, 4) is 11.5 Å². The normalized spacial score (nSPS) is 17.6. The van der Waals surface area contributed by atoms with Crippen molar-refractivity contribution in [3.63, 3.8) is 0 Å². The molecule has 1 saturated heterocycles. The van der Waals surface area contributed by atoms with Gasteiger partial charge in [-0.05, 0) is 50.7 Å². The molecule has 2 aliphatic rings. The first kappa shape index (κ1) is 16.6. The summed E-state index contributed by atoms with van der Waals surface area (Å²) in [6.07, 6.45) is 1.79. The van der Waals surface area contributed by atoms with Crippen LogP contribution in [0.3, 0.4) is 0 Å². The number of benzene rings is 1. The van der Waals surface area contributed by atoms with Gasteiger partial charge in [0, 0.05) is 19.6 Å². The van der Waals surface area contributed by atoms with Crippen LogP contribution < -0.4 is 14.8 Å². The number of amides is 2. The Balaban J connectivity index is 1.51. The standard InChI is InChI=1S/C17H23N3O4/c1-19-7-5-13(6-8-19)20(2)17(22)16(21)18-10-12-3-4-14-15(9-12)24-11-23-14/h3-4,9,13H,5-8,10-11H2,1-2H3,(H,18,21). The first-order chi connectivity index (χ1) is 11.5. The predicted octanol–water partition coefficient (Wildman–Crippen LogP) is 0.584. The summed E-state index contributed by atoms with van der Waals surface area (Å²) in [4.78, 5) is 28.2. The number of ether oxygens (including phenoxy) is 2. The molecule has 7 heteroatoms. The molecular formula is C17H23N3O4. The van der Waals surface area contributed by atoms with E-state index >= 15 is 0 Å². The number of nitrogens with one attached hydrogen (secondary N) is 1. The molecule has 1 N–H and O–H groups in total. The van der Waals surface area contributed by atoms with Gasteiger partial charge in [-0.25, -0.2) is 0 Å². The third-order valence-corrected chi connectivity index (χ3v) is 4.64. The van der Waals surface area contributed by atoms with Gasteiger partial charge in [-0.15, -0.1) is 0 Å². The summed E-state index contributed by atoms with van der Waals surface area (Å²) in [6.45, 7) is 2.38. The molecule has 1 aromatic rings. The van der Waals surface area contributed by atoms with Crippen molar-refractivity contribution in [1.29, 1.82) is 0 Å². The molecule has 1 aromatic carbocycles. The van der Waals surface area contributed by atoms with Gasteiger partial charge >= 0.3 is 11.8 Å². The minimum Gasteiger partial charge on any atom is -0.454 e. The average molecular weight is 333 g/mol. The molecule has 130 valence electrons. The summed E-state index contributed by atoms with van der Waals surface area (Å²) in [7, 11) is 3.77. The number of hydrogen-bond donors (Lipinski definition) is 1. The second-order valence-corrected chi connectivity index (χ2v) is 6.32. The first-order valence-corrected chi connectivity index (χ1v) is 8.16. The van der Waals surface area contributed by atoms with E-state index in [-0.39, 0.29) is 19.4 Å². The Kier molecular flexibility index (Phi) is 4.89. The number of likely N-dealkylation sites (tertiary alicyclic amines) is 1. The highest BCUT2D eigenvalue weighted by Gasteiger charge is 2.27. The zero-order valence-electron chi connectivity index (χ0n) is 14.1. The summed E-state index contributed by atoms with van der Waals surface area (Å²) in [5, 5.41) is 2.68. The van der Waals surface area contributed by atoms with Gasteiger partial charge in [0.2, 0.25) is 6.79 Å². The van der Waals surface area contributed by atoms with Crippen molar-refractivity contribution in [2.75, 3.05) is 34.0 Å². The monoisotopic (exact) mass is 333 g/mol. The van der Waals surface area contributed by atoms with E-state index in [0.29, 0.717) is 11.5 Å². The number of carbonyl (C=O) groups is 2. The van der Waals surface area contributed by atoms with Crippen LogP contribution in [-0.2, 0) is 16.1 Å². The second-order valence-electron chi connectivity index (χ2n) is 6.32. The van der Waals surface area contributed by atoms with Gasteiger partial charge in [0.25, 0.3) is 0 Å². The maximum Gasteiger partial charge on any atom is 0.311 e. The molecule has 2 aliphatic heterocycles. The van der Waals surface area contributed by atoms with Crippen LogP contribution >= 0.6 is 0 Å². The van der Waals surface area contributed by atoms with Gasteiger partial charge in [0.05, 0.1) is 0 Å². The van der Waals surface area contributed by atoms with E-state index in [0.717, 1.165) is 31.5 Å². The number of nitrogens with zero attached hydrogens (tertiary/aromatic N) is 2. The molecule has 0 bridgehead atoms. The van der Waals surface area contributed by atoms with Gasteiger partial charge in [0.1, 0.15) is 0 Å². The largest absolute Gasteiger partial charge is 0.454 e. The van der Waals surface area contributed by atoms with Gasteiger partial charge in [-0.3, -0.25) is 9.59 Å². The molecule has 0 spiro atoms. The van der Waals surface area contributed by atoms with Crippen molar-refractivity contribution in [2.45, 2.75) is 25.4 Å². The second kappa shape index (κ2) is 7.09. The zero-order chi connectivity index (χ0) is 17.1. The van der Waals surface area contributed by atoms with Crippen LogP contribution in [0.5, 0.6) is 11.5 Å². The number of piperidine rings is 1. The zero-order valence-corrected chi connectivity index (χ0v) is 14.1. The predicted molar refractivity (Wildman–Crippen MR) is 87.7 cm³/mol. The number of fused-ring (bicyclic) bond motifs is 1. The van der Waals surface area contributed by atoms with Crippen molar-refractivity contribution in [1.82, 2.24) is 15.1 Å². The number of rotatable bonds is 3. The third-order valence-electron chi connectivity index (χ3n) is 4.64.